The van der Waals surface area contributed by atoms with Crippen LogP contribution in [0.4, 0.5) is 10.1 Å². The van der Waals surface area contributed by atoms with Crippen molar-refractivity contribution in [2.24, 2.45) is 0 Å². The van der Waals surface area contributed by atoms with Crippen molar-refractivity contribution in [1.29, 1.82) is 0 Å². The third-order valence-corrected chi connectivity index (χ3v) is 3.96. The molecular formula is C14H11BrCl2FNO. The number of nitrogens with one attached hydrogen (secondary N) is 1. The zero-order valence-corrected chi connectivity index (χ0v) is 13.3. The molecule has 2 aromatic carbocycles. The lowest BCUT2D eigenvalue weighted by Gasteiger charge is -2.15. The van der Waals surface area contributed by atoms with Gasteiger partial charge in [-0.05, 0) is 52.3 Å². The summed E-state index contributed by atoms with van der Waals surface area (Å²) in [7, 11) is 0. The minimum absolute atomic E-state index is 0.196. The molecule has 2 rings (SSSR count). The summed E-state index contributed by atoms with van der Waals surface area (Å²) in [6.45, 7) is 0.196. The summed E-state index contributed by atoms with van der Waals surface area (Å²) < 4.78 is 13.7. The highest BCUT2D eigenvalue weighted by Gasteiger charge is 2.12. The zero-order chi connectivity index (χ0) is 14.7. The largest absolute Gasteiger partial charge is 0.387 e. The molecule has 0 aromatic heterocycles. The molecule has 6 heteroatoms. The quantitative estimate of drug-likeness (QED) is 0.780. The Balaban J connectivity index is 2.06. The van der Waals surface area contributed by atoms with Crippen molar-refractivity contribution >= 4 is 44.8 Å². The molecule has 2 aromatic rings. The van der Waals surface area contributed by atoms with E-state index in [-0.39, 0.29) is 12.4 Å². The number of anilines is 1. The first-order valence-corrected chi connectivity index (χ1v) is 7.34. The first-order chi connectivity index (χ1) is 9.47. The van der Waals surface area contributed by atoms with Crippen LogP contribution >= 0.6 is 39.1 Å². The predicted octanol–water partition coefficient (Wildman–Crippen LogP) is 5.04. The van der Waals surface area contributed by atoms with Gasteiger partial charge in [-0.25, -0.2) is 4.39 Å². The van der Waals surface area contributed by atoms with Crippen LogP contribution in [0.2, 0.25) is 10.0 Å². The molecule has 0 aliphatic rings. The van der Waals surface area contributed by atoms with Gasteiger partial charge in [0.15, 0.2) is 0 Å². The number of benzene rings is 2. The van der Waals surface area contributed by atoms with Crippen LogP contribution in [0.5, 0.6) is 0 Å². The molecule has 2 nitrogen and oxygen atoms in total. The summed E-state index contributed by atoms with van der Waals surface area (Å²) in [5.41, 5.74) is 1.10. The Kier molecular flexibility index (Phi) is 5.27. The van der Waals surface area contributed by atoms with Crippen molar-refractivity contribution in [3.63, 3.8) is 0 Å². The SMILES string of the molecule is OC(CNc1ccc(Br)c(F)c1)c1cc(Cl)ccc1Cl. The standard InChI is InChI=1S/C14H11BrCl2FNO/c15-11-3-2-9(6-13(11)18)19-7-14(20)10-5-8(16)1-4-12(10)17/h1-6,14,19-20H,7H2. The summed E-state index contributed by atoms with van der Waals surface area (Å²) in [6, 6.07) is 9.53. The molecule has 0 aliphatic carbocycles. The van der Waals surface area contributed by atoms with Crippen LogP contribution in [0.15, 0.2) is 40.9 Å². The summed E-state index contributed by atoms with van der Waals surface area (Å²) >= 11 is 15.0. The van der Waals surface area contributed by atoms with E-state index in [4.69, 9.17) is 23.2 Å². The van der Waals surface area contributed by atoms with Crippen LogP contribution in [0, 0.1) is 5.82 Å². The molecule has 20 heavy (non-hydrogen) atoms. The summed E-state index contributed by atoms with van der Waals surface area (Å²) in [6.07, 6.45) is -0.840. The fourth-order valence-corrected chi connectivity index (χ4v) is 2.37. The van der Waals surface area contributed by atoms with Crippen LogP contribution in [0.1, 0.15) is 11.7 Å². The lowest BCUT2D eigenvalue weighted by atomic mass is 10.1. The molecule has 0 spiro atoms. The molecule has 1 unspecified atom stereocenters. The maximum atomic E-state index is 13.4. The Labute approximate surface area is 134 Å². The molecule has 0 radical (unpaired) electrons. The van der Waals surface area contributed by atoms with Gasteiger partial charge >= 0.3 is 0 Å². The monoisotopic (exact) mass is 377 g/mol. The zero-order valence-electron chi connectivity index (χ0n) is 10.2. The van der Waals surface area contributed by atoms with Gasteiger partial charge < -0.3 is 10.4 Å². The van der Waals surface area contributed by atoms with Gasteiger partial charge in [0, 0.05) is 27.8 Å². The highest BCUT2D eigenvalue weighted by atomic mass is 79.9. The number of hydrogen-bond donors (Lipinski definition) is 2. The normalized spacial score (nSPS) is 12.2. The molecule has 0 aliphatic heterocycles. The van der Waals surface area contributed by atoms with Gasteiger partial charge in [0.1, 0.15) is 5.82 Å². The minimum atomic E-state index is -0.840. The molecule has 0 amide bonds. The van der Waals surface area contributed by atoms with Gasteiger partial charge in [-0.1, -0.05) is 23.2 Å². The Morgan fingerprint density at radius 2 is 1.95 bits per heavy atom. The van der Waals surface area contributed by atoms with Crippen LogP contribution in [0.25, 0.3) is 0 Å². The highest BCUT2D eigenvalue weighted by Crippen LogP contribution is 2.27. The maximum Gasteiger partial charge on any atom is 0.139 e. The molecule has 106 valence electrons. The fourth-order valence-electron chi connectivity index (χ4n) is 1.70. The third kappa shape index (κ3) is 3.85. The van der Waals surface area contributed by atoms with E-state index in [0.717, 1.165) is 0 Å². The first kappa shape index (κ1) is 15.6. The van der Waals surface area contributed by atoms with E-state index in [2.05, 4.69) is 21.2 Å². The number of aliphatic hydroxyl groups is 1. The average molecular weight is 379 g/mol. The second-order valence-corrected chi connectivity index (χ2v) is 5.89. The van der Waals surface area contributed by atoms with E-state index in [0.29, 0.717) is 25.8 Å². The van der Waals surface area contributed by atoms with Crippen LogP contribution in [-0.2, 0) is 0 Å². The van der Waals surface area contributed by atoms with Crippen LogP contribution < -0.4 is 5.32 Å². The van der Waals surface area contributed by atoms with E-state index >= 15 is 0 Å². The Morgan fingerprint density at radius 3 is 2.65 bits per heavy atom. The third-order valence-electron chi connectivity index (χ3n) is 2.74. The van der Waals surface area contributed by atoms with Gasteiger partial charge in [0.2, 0.25) is 0 Å². The topological polar surface area (TPSA) is 32.3 Å². The fraction of sp³-hybridized carbons (Fsp3) is 0.143. The number of aliphatic hydroxyl groups excluding tert-OH is 1. The number of hydrogen-bond acceptors (Lipinski definition) is 2. The smallest absolute Gasteiger partial charge is 0.139 e. The molecule has 0 saturated carbocycles. The molecule has 2 N–H and O–H groups in total. The van der Waals surface area contributed by atoms with E-state index < -0.39 is 6.10 Å². The van der Waals surface area contributed by atoms with Crippen molar-refractivity contribution in [3.05, 3.63) is 62.3 Å². The maximum absolute atomic E-state index is 13.4. The molecule has 0 heterocycles. The second kappa shape index (κ2) is 6.76. The Bertz CT molecular complexity index is 624. The summed E-state index contributed by atoms with van der Waals surface area (Å²) in [4.78, 5) is 0. The molecule has 0 saturated heterocycles. The highest BCUT2D eigenvalue weighted by molar-refractivity contribution is 9.10. The predicted molar refractivity (Wildman–Crippen MR) is 84.0 cm³/mol. The summed E-state index contributed by atoms with van der Waals surface area (Å²) in [5.74, 6) is -0.370. The second-order valence-electron chi connectivity index (χ2n) is 4.19. The van der Waals surface area contributed by atoms with E-state index in [1.807, 2.05) is 0 Å². The van der Waals surface area contributed by atoms with Gasteiger partial charge in [0.25, 0.3) is 0 Å². The van der Waals surface area contributed by atoms with E-state index in [1.165, 1.54) is 6.07 Å². The van der Waals surface area contributed by atoms with Crippen LogP contribution in [0.3, 0.4) is 0 Å². The number of rotatable bonds is 4. The van der Waals surface area contributed by atoms with Crippen molar-refractivity contribution in [2.75, 3.05) is 11.9 Å². The first-order valence-electron chi connectivity index (χ1n) is 5.79. The van der Waals surface area contributed by atoms with Crippen LogP contribution in [-0.4, -0.2) is 11.7 Å². The Hall–Kier alpha value is -0.810. The molecular weight excluding hydrogens is 368 g/mol. The van der Waals surface area contributed by atoms with Crippen molar-refractivity contribution < 1.29 is 9.50 Å². The average Bonchev–Trinajstić information content (AvgIpc) is 2.42. The van der Waals surface area contributed by atoms with Crippen molar-refractivity contribution in [2.45, 2.75) is 6.10 Å². The van der Waals surface area contributed by atoms with E-state index in [9.17, 15) is 9.50 Å². The molecule has 1 atom stereocenters. The van der Waals surface area contributed by atoms with Gasteiger partial charge in [-0.2, -0.15) is 0 Å². The number of halogens is 4. The van der Waals surface area contributed by atoms with E-state index in [1.54, 1.807) is 30.3 Å². The van der Waals surface area contributed by atoms with Gasteiger partial charge in [0.05, 0.1) is 10.6 Å². The minimum Gasteiger partial charge on any atom is -0.387 e. The summed E-state index contributed by atoms with van der Waals surface area (Å²) in [5, 5.41) is 14.0. The Morgan fingerprint density at radius 1 is 1.20 bits per heavy atom. The lowest BCUT2D eigenvalue weighted by molar-refractivity contribution is 0.191. The molecule has 0 bridgehead atoms. The lowest BCUT2D eigenvalue weighted by Crippen LogP contribution is -2.12. The van der Waals surface area contributed by atoms with Crippen molar-refractivity contribution in [3.8, 4) is 0 Å². The molecule has 0 fully saturated rings. The van der Waals surface area contributed by atoms with Gasteiger partial charge in [-0.15, -0.1) is 0 Å². The van der Waals surface area contributed by atoms with Gasteiger partial charge in [-0.3, -0.25) is 0 Å². The van der Waals surface area contributed by atoms with Crippen molar-refractivity contribution in [1.82, 2.24) is 0 Å².